The molecule has 1 aromatic rings. The highest BCUT2D eigenvalue weighted by atomic mass is 32.1. The first-order chi connectivity index (χ1) is 8.85. The molecule has 102 valence electrons. The van der Waals surface area contributed by atoms with Crippen molar-refractivity contribution in [3.8, 4) is 5.75 Å². The van der Waals surface area contributed by atoms with E-state index < -0.39 is 0 Å². The second-order valence-corrected chi connectivity index (χ2v) is 6.15. The number of methoxy groups -OCH3 is 1. The zero-order chi connectivity index (χ0) is 12.8. The minimum Gasteiger partial charge on any atom is -0.496 e. The van der Waals surface area contributed by atoms with Gasteiger partial charge in [-0.05, 0) is 30.3 Å². The first kappa shape index (κ1) is 13.9. The van der Waals surface area contributed by atoms with Gasteiger partial charge in [-0.1, -0.05) is 39.0 Å². The van der Waals surface area contributed by atoms with Crippen LogP contribution in [-0.4, -0.2) is 13.7 Å². The van der Waals surface area contributed by atoms with E-state index in [0.29, 0.717) is 6.04 Å². The molecule has 2 nitrogen and oxygen atoms in total. The van der Waals surface area contributed by atoms with Crippen molar-refractivity contribution < 1.29 is 4.74 Å². The first-order valence-electron chi connectivity index (χ1n) is 7.20. The quantitative estimate of drug-likeness (QED) is 0.826. The zero-order valence-corrected chi connectivity index (χ0v) is 12.4. The average Bonchev–Trinajstić information content (AvgIpc) is 2.87. The molecule has 1 N–H and O–H groups in total. The van der Waals surface area contributed by atoms with Crippen LogP contribution < -0.4 is 10.1 Å². The molecule has 1 aliphatic rings. The Morgan fingerprint density at radius 3 is 2.83 bits per heavy atom. The van der Waals surface area contributed by atoms with Gasteiger partial charge in [0.2, 0.25) is 0 Å². The fourth-order valence-corrected chi connectivity index (χ4v) is 3.97. The van der Waals surface area contributed by atoms with Crippen molar-refractivity contribution in [3.63, 3.8) is 0 Å². The van der Waals surface area contributed by atoms with Crippen LogP contribution in [0, 0.1) is 5.92 Å². The predicted octanol–water partition coefficient (Wildman–Crippen LogP) is 4.38. The molecule has 3 heteroatoms. The molecule has 0 amide bonds. The van der Waals surface area contributed by atoms with Crippen LogP contribution in [0.1, 0.15) is 56.4 Å². The smallest absolute Gasteiger partial charge is 0.134 e. The summed E-state index contributed by atoms with van der Waals surface area (Å²) in [4.78, 5) is 1.38. The molecule has 2 rings (SSSR count). The molecule has 0 aliphatic heterocycles. The van der Waals surface area contributed by atoms with Crippen LogP contribution in [0.5, 0.6) is 5.75 Å². The monoisotopic (exact) mass is 267 g/mol. The Hall–Kier alpha value is -0.540. The summed E-state index contributed by atoms with van der Waals surface area (Å²) in [6.07, 6.45) is 8.37. The molecule has 1 fully saturated rings. The van der Waals surface area contributed by atoms with E-state index in [1.165, 1.54) is 43.4 Å². The van der Waals surface area contributed by atoms with Crippen LogP contribution in [0.15, 0.2) is 11.4 Å². The van der Waals surface area contributed by atoms with Gasteiger partial charge < -0.3 is 10.1 Å². The van der Waals surface area contributed by atoms with Gasteiger partial charge in [-0.3, -0.25) is 0 Å². The molecule has 0 bridgehead atoms. The number of hydrogen-bond donors (Lipinski definition) is 1. The van der Waals surface area contributed by atoms with Gasteiger partial charge in [0.15, 0.2) is 0 Å². The Morgan fingerprint density at radius 2 is 2.17 bits per heavy atom. The first-order valence-corrected chi connectivity index (χ1v) is 8.07. The lowest BCUT2D eigenvalue weighted by atomic mass is 9.84. The topological polar surface area (TPSA) is 21.3 Å². The van der Waals surface area contributed by atoms with E-state index in [0.717, 1.165) is 18.2 Å². The van der Waals surface area contributed by atoms with Gasteiger partial charge in [-0.25, -0.2) is 0 Å². The van der Waals surface area contributed by atoms with Crippen molar-refractivity contribution in [3.05, 3.63) is 16.3 Å². The van der Waals surface area contributed by atoms with E-state index in [1.54, 1.807) is 7.11 Å². The van der Waals surface area contributed by atoms with E-state index in [9.17, 15) is 0 Å². The summed E-state index contributed by atoms with van der Waals surface area (Å²) in [5.41, 5.74) is 0. The second-order valence-electron chi connectivity index (χ2n) is 5.20. The Morgan fingerprint density at radius 1 is 1.39 bits per heavy atom. The molecule has 1 atom stereocenters. The molecule has 0 radical (unpaired) electrons. The predicted molar refractivity (Wildman–Crippen MR) is 78.5 cm³/mol. The number of thiophene rings is 1. The van der Waals surface area contributed by atoms with Gasteiger partial charge in [0, 0.05) is 6.04 Å². The summed E-state index contributed by atoms with van der Waals surface area (Å²) in [5.74, 6) is 1.95. The molecule has 18 heavy (non-hydrogen) atoms. The third-order valence-corrected chi connectivity index (χ3v) is 4.95. The standard InChI is InChI=1S/C15H25NOS/c1-3-16-13(11-12-7-5-4-6-8-12)15-14(17-2)9-10-18-15/h9-10,12-13,16H,3-8,11H2,1-2H3. The lowest BCUT2D eigenvalue weighted by molar-refractivity contribution is 0.299. The van der Waals surface area contributed by atoms with E-state index in [1.807, 2.05) is 11.3 Å². The molecule has 1 aromatic heterocycles. The van der Waals surface area contributed by atoms with Crippen LogP contribution in [-0.2, 0) is 0 Å². The van der Waals surface area contributed by atoms with E-state index in [-0.39, 0.29) is 0 Å². The highest BCUT2D eigenvalue weighted by Gasteiger charge is 2.22. The third-order valence-electron chi connectivity index (χ3n) is 3.94. The number of rotatable bonds is 6. The van der Waals surface area contributed by atoms with Gasteiger partial charge in [0.05, 0.1) is 12.0 Å². The van der Waals surface area contributed by atoms with Crippen LogP contribution in [0.3, 0.4) is 0 Å². The lowest BCUT2D eigenvalue weighted by Gasteiger charge is -2.27. The van der Waals surface area contributed by atoms with Crippen molar-refractivity contribution in [1.29, 1.82) is 0 Å². The number of nitrogens with one attached hydrogen (secondary N) is 1. The molecular weight excluding hydrogens is 242 g/mol. The van der Waals surface area contributed by atoms with Crippen LogP contribution in [0.4, 0.5) is 0 Å². The molecular formula is C15H25NOS. The minimum absolute atomic E-state index is 0.480. The highest BCUT2D eigenvalue weighted by molar-refractivity contribution is 7.10. The normalized spacial score (nSPS) is 18.8. The summed E-state index contributed by atoms with van der Waals surface area (Å²) in [6.45, 7) is 3.21. The average molecular weight is 267 g/mol. The maximum atomic E-state index is 5.47. The Labute approximate surface area is 115 Å². The zero-order valence-electron chi connectivity index (χ0n) is 11.6. The Balaban J connectivity index is 2.02. The van der Waals surface area contributed by atoms with Gasteiger partial charge in [0.1, 0.15) is 5.75 Å². The van der Waals surface area contributed by atoms with Crippen LogP contribution >= 0.6 is 11.3 Å². The second kappa shape index (κ2) is 7.15. The third kappa shape index (κ3) is 3.48. The van der Waals surface area contributed by atoms with Crippen LogP contribution in [0.25, 0.3) is 0 Å². The maximum Gasteiger partial charge on any atom is 0.134 e. The molecule has 0 spiro atoms. The van der Waals surface area contributed by atoms with Gasteiger partial charge in [0.25, 0.3) is 0 Å². The van der Waals surface area contributed by atoms with Crippen molar-refractivity contribution in [2.45, 2.75) is 51.5 Å². The molecule has 1 saturated carbocycles. The van der Waals surface area contributed by atoms with Gasteiger partial charge in [-0.2, -0.15) is 0 Å². The van der Waals surface area contributed by atoms with Crippen molar-refractivity contribution >= 4 is 11.3 Å². The SMILES string of the molecule is CCNC(CC1CCCCC1)c1sccc1OC. The minimum atomic E-state index is 0.480. The summed E-state index contributed by atoms with van der Waals surface area (Å²) in [6, 6.07) is 2.57. The molecule has 0 aromatic carbocycles. The Kier molecular flexibility index (Phi) is 5.51. The fraction of sp³-hybridized carbons (Fsp3) is 0.733. The van der Waals surface area contributed by atoms with E-state index >= 15 is 0 Å². The number of hydrogen-bond acceptors (Lipinski definition) is 3. The molecule has 1 unspecified atom stereocenters. The van der Waals surface area contributed by atoms with E-state index in [2.05, 4.69) is 23.7 Å². The summed E-state index contributed by atoms with van der Waals surface area (Å²) in [5, 5.41) is 5.78. The molecule has 0 saturated heterocycles. The largest absolute Gasteiger partial charge is 0.496 e. The van der Waals surface area contributed by atoms with E-state index in [4.69, 9.17) is 4.74 Å². The van der Waals surface area contributed by atoms with Gasteiger partial charge in [-0.15, -0.1) is 11.3 Å². The van der Waals surface area contributed by atoms with Gasteiger partial charge >= 0.3 is 0 Å². The van der Waals surface area contributed by atoms with Crippen LogP contribution in [0.2, 0.25) is 0 Å². The molecule has 1 aliphatic carbocycles. The lowest BCUT2D eigenvalue weighted by Crippen LogP contribution is -2.24. The summed E-state index contributed by atoms with van der Waals surface area (Å²) < 4.78 is 5.47. The van der Waals surface area contributed by atoms with Crippen molar-refractivity contribution in [2.24, 2.45) is 5.92 Å². The maximum absolute atomic E-state index is 5.47. The Bertz CT molecular complexity index is 344. The molecule has 1 heterocycles. The highest BCUT2D eigenvalue weighted by Crippen LogP contribution is 2.37. The van der Waals surface area contributed by atoms with Crippen molar-refractivity contribution in [1.82, 2.24) is 5.32 Å². The fourth-order valence-electron chi connectivity index (χ4n) is 3.02. The summed E-state index contributed by atoms with van der Waals surface area (Å²) >= 11 is 1.82. The number of ether oxygens (including phenoxy) is 1. The summed E-state index contributed by atoms with van der Waals surface area (Å²) in [7, 11) is 1.77. The van der Waals surface area contributed by atoms with Crippen molar-refractivity contribution in [2.75, 3.05) is 13.7 Å².